The van der Waals surface area contributed by atoms with Crippen LogP contribution in [0.3, 0.4) is 0 Å². The molecule has 86 valence electrons. The van der Waals surface area contributed by atoms with Gasteiger partial charge >= 0.3 is 0 Å². The van der Waals surface area contributed by atoms with Crippen LogP contribution in [0.15, 0.2) is 30.3 Å². The predicted octanol–water partition coefficient (Wildman–Crippen LogP) is 4.94. The Labute approximate surface area is 95.7 Å². The van der Waals surface area contributed by atoms with Crippen molar-refractivity contribution in [2.75, 3.05) is 0 Å². The molecule has 0 N–H and O–H groups in total. The number of benzene rings is 1. The average Bonchev–Trinajstić information content (AvgIpc) is 2.29. The highest BCUT2D eigenvalue weighted by Crippen LogP contribution is 2.11. The van der Waals surface area contributed by atoms with Gasteiger partial charge in [-0.2, -0.15) is 0 Å². The highest BCUT2D eigenvalue weighted by atomic mass is 14.1. The number of aryl methyl sites for hydroxylation is 1. The molecule has 0 aliphatic rings. The lowest BCUT2D eigenvalue weighted by Gasteiger charge is -2.10. The summed E-state index contributed by atoms with van der Waals surface area (Å²) in [4.78, 5) is 0. The fourth-order valence-corrected chi connectivity index (χ4v) is 1.19. The summed E-state index contributed by atoms with van der Waals surface area (Å²) in [6.07, 6.45) is 2.46. The Balaban J connectivity index is 0.000000265. The van der Waals surface area contributed by atoms with Crippen LogP contribution in [-0.4, -0.2) is 0 Å². The van der Waals surface area contributed by atoms with Crippen LogP contribution in [-0.2, 0) is 6.42 Å². The molecule has 0 fully saturated rings. The molecule has 0 saturated carbocycles. The molecule has 1 aromatic rings. The van der Waals surface area contributed by atoms with Crippen molar-refractivity contribution in [2.24, 2.45) is 11.8 Å². The van der Waals surface area contributed by atoms with Crippen molar-refractivity contribution in [2.45, 2.75) is 47.5 Å². The number of rotatable bonds is 3. The molecule has 15 heavy (non-hydrogen) atoms. The molecule has 0 heteroatoms. The zero-order valence-corrected chi connectivity index (χ0v) is 11.0. The Kier molecular flexibility index (Phi) is 8.08. The van der Waals surface area contributed by atoms with E-state index in [2.05, 4.69) is 58.9 Å². The first-order chi connectivity index (χ1) is 7.11. The summed E-state index contributed by atoms with van der Waals surface area (Å²) in [6, 6.07) is 10.5. The minimum Gasteiger partial charge on any atom is -0.0651 e. The van der Waals surface area contributed by atoms with Gasteiger partial charge in [0.1, 0.15) is 0 Å². The van der Waals surface area contributed by atoms with Crippen molar-refractivity contribution in [1.82, 2.24) is 0 Å². The van der Waals surface area contributed by atoms with Crippen molar-refractivity contribution in [3.8, 4) is 0 Å². The second-order valence-corrected chi connectivity index (χ2v) is 4.47. The summed E-state index contributed by atoms with van der Waals surface area (Å²) in [5.74, 6) is 1.77. The third kappa shape index (κ3) is 7.18. The van der Waals surface area contributed by atoms with Gasteiger partial charge in [-0.15, -0.1) is 0 Å². The molecule has 0 bridgehead atoms. The van der Waals surface area contributed by atoms with E-state index in [1.54, 1.807) is 0 Å². The van der Waals surface area contributed by atoms with Crippen LogP contribution in [0.25, 0.3) is 0 Å². The molecule has 1 rings (SSSR count). The van der Waals surface area contributed by atoms with E-state index < -0.39 is 0 Å². The quantitative estimate of drug-likeness (QED) is 0.657. The van der Waals surface area contributed by atoms with Crippen molar-refractivity contribution < 1.29 is 0 Å². The first-order valence-corrected chi connectivity index (χ1v) is 6.15. The molecule has 0 saturated heterocycles. The number of hydrogen-bond acceptors (Lipinski definition) is 0. The Morgan fingerprint density at radius 2 is 1.47 bits per heavy atom. The summed E-state index contributed by atoms with van der Waals surface area (Å²) in [5, 5.41) is 0. The van der Waals surface area contributed by atoms with Crippen LogP contribution in [0.5, 0.6) is 0 Å². The zero-order chi connectivity index (χ0) is 11.7. The summed E-state index contributed by atoms with van der Waals surface area (Å²) in [5.41, 5.74) is 1.41. The fraction of sp³-hybridized carbons (Fsp3) is 0.600. The maximum atomic E-state index is 2.30. The smallest absolute Gasteiger partial charge is 0.0307 e. The lowest BCUT2D eigenvalue weighted by atomic mass is 9.96. The highest BCUT2D eigenvalue weighted by Gasteiger charge is 2.01. The fourth-order valence-electron chi connectivity index (χ4n) is 1.19. The lowest BCUT2D eigenvalue weighted by Crippen LogP contribution is -2.00. The van der Waals surface area contributed by atoms with Gasteiger partial charge in [0.05, 0.1) is 0 Å². The first kappa shape index (κ1) is 14.2. The molecule has 1 unspecified atom stereocenters. The maximum Gasteiger partial charge on any atom is -0.0307 e. The van der Waals surface area contributed by atoms with Crippen LogP contribution in [0.4, 0.5) is 0 Å². The SMILES string of the molecule is CCC(C)C(C)C.CCc1ccccc1. The van der Waals surface area contributed by atoms with E-state index in [1.807, 2.05) is 6.07 Å². The third-order valence-corrected chi connectivity index (χ3v) is 3.03. The lowest BCUT2D eigenvalue weighted by molar-refractivity contribution is 0.407. The molecule has 1 atom stereocenters. The second-order valence-electron chi connectivity index (χ2n) is 4.47. The molecule has 0 spiro atoms. The predicted molar refractivity (Wildman–Crippen MR) is 70.1 cm³/mol. The molecule has 0 nitrogen and oxygen atoms in total. The molecule has 0 radical (unpaired) electrons. The monoisotopic (exact) mass is 206 g/mol. The average molecular weight is 206 g/mol. The van der Waals surface area contributed by atoms with Crippen LogP contribution in [0.2, 0.25) is 0 Å². The minimum atomic E-state index is 0.866. The van der Waals surface area contributed by atoms with Crippen molar-refractivity contribution in [3.63, 3.8) is 0 Å². The Morgan fingerprint density at radius 3 is 1.67 bits per heavy atom. The van der Waals surface area contributed by atoms with Gasteiger partial charge in [-0.25, -0.2) is 0 Å². The van der Waals surface area contributed by atoms with Gasteiger partial charge in [0.25, 0.3) is 0 Å². The van der Waals surface area contributed by atoms with E-state index >= 15 is 0 Å². The minimum absolute atomic E-state index is 0.866. The zero-order valence-electron chi connectivity index (χ0n) is 11.0. The summed E-state index contributed by atoms with van der Waals surface area (Å²) >= 11 is 0. The largest absolute Gasteiger partial charge is 0.0651 e. The Hall–Kier alpha value is -0.780. The van der Waals surface area contributed by atoms with Crippen molar-refractivity contribution >= 4 is 0 Å². The molecule has 0 aromatic heterocycles. The van der Waals surface area contributed by atoms with Gasteiger partial charge in [-0.3, -0.25) is 0 Å². The van der Waals surface area contributed by atoms with E-state index in [0.717, 1.165) is 18.3 Å². The summed E-state index contributed by atoms with van der Waals surface area (Å²) < 4.78 is 0. The van der Waals surface area contributed by atoms with Gasteiger partial charge < -0.3 is 0 Å². The van der Waals surface area contributed by atoms with Crippen molar-refractivity contribution in [3.05, 3.63) is 35.9 Å². The molecule has 0 aliphatic carbocycles. The Morgan fingerprint density at radius 1 is 0.933 bits per heavy atom. The molecule has 0 aliphatic heterocycles. The van der Waals surface area contributed by atoms with E-state index in [0.29, 0.717) is 0 Å². The van der Waals surface area contributed by atoms with Gasteiger partial charge in [0, 0.05) is 0 Å². The normalized spacial score (nSPS) is 11.9. The molecular weight excluding hydrogens is 180 g/mol. The van der Waals surface area contributed by atoms with E-state index in [4.69, 9.17) is 0 Å². The highest BCUT2D eigenvalue weighted by molar-refractivity contribution is 5.13. The third-order valence-electron chi connectivity index (χ3n) is 3.03. The second kappa shape index (κ2) is 8.52. The van der Waals surface area contributed by atoms with Gasteiger partial charge in [0.15, 0.2) is 0 Å². The van der Waals surface area contributed by atoms with Crippen LogP contribution in [0.1, 0.15) is 46.6 Å². The topological polar surface area (TPSA) is 0 Å². The van der Waals surface area contributed by atoms with E-state index in [9.17, 15) is 0 Å². The van der Waals surface area contributed by atoms with Crippen LogP contribution in [0, 0.1) is 11.8 Å². The molecular formula is C15H26. The molecule has 1 aromatic carbocycles. The Bertz CT molecular complexity index is 223. The van der Waals surface area contributed by atoms with Gasteiger partial charge in [-0.1, -0.05) is 71.4 Å². The summed E-state index contributed by atoms with van der Waals surface area (Å²) in [7, 11) is 0. The maximum absolute atomic E-state index is 2.30. The molecule has 0 heterocycles. The van der Waals surface area contributed by atoms with Crippen LogP contribution < -0.4 is 0 Å². The van der Waals surface area contributed by atoms with E-state index in [-0.39, 0.29) is 0 Å². The first-order valence-electron chi connectivity index (χ1n) is 6.15. The summed E-state index contributed by atoms with van der Waals surface area (Å²) in [6.45, 7) is 11.2. The van der Waals surface area contributed by atoms with Gasteiger partial charge in [-0.05, 0) is 23.8 Å². The van der Waals surface area contributed by atoms with E-state index in [1.165, 1.54) is 12.0 Å². The number of hydrogen-bond donors (Lipinski definition) is 0. The standard InChI is InChI=1S/C8H10.C7H16/c1-2-8-6-4-3-5-7-8;1-5-7(4)6(2)3/h3-7H,2H2,1H3;6-7H,5H2,1-4H3. The van der Waals surface area contributed by atoms with Crippen molar-refractivity contribution in [1.29, 1.82) is 0 Å². The van der Waals surface area contributed by atoms with Crippen LogP contribution >= 0.6 is 0 Å². The van der Waals surface area contributed by atoms with Gasteiger partial charge in [0.2, 0.25) is 0 Å². The molecule has 0 amide bonds.